The fraction of sp³-hybridized carbons (Fsp3) is 0.381. The van der Waals surface area contributed by atoms with Gasteiger partial charge in [0.1, 0.15) is 25.0 Å². The third-order valence-electron chi connectivity index (χ3n) is 4.74. The van der Waals surface area contributed by atoms with Crippen molar-refractivity contribution >= 4 is 29.0 Å². The van der Waals surface area contributed by atoms with Gasteiger partial charge in [-0.15, -0.1) is 0 Å². The molecular weight excluding hydrogens is 378 g/mol. The lowest BCUT2D eigenvalue weighted by Gasteiger charge is -2.25. The van der Waals surface area contributed by atoms with Crippen LogP contribution in [0.5, 0.6) is 5.75 Å². The van der Waals surface area contributed by atoms with Gasteiger partial charge in [0.05, 0.1) is 13.1 Å². The van der Waals surface area contributed by atoms with E-state index in [2.05, 4.69) is 10.6 Å². The number of urea groups is 1. The number of piperidine rings is 1. The Morgan fingerprint density at radius 2 is 1.57 bits per heavy atom. The average molecular weight is 405 g/mol. The summed E-state index contributed by atoms with van der Waals surface area (Å²) >= 11 is 5.83. The van der Waals surface area contributed by atoms with Crippen LogP contribution in [-0.2, 0) is 0 Å². The summed E-state index contributed by atoms with van der Waals surface area (Å²) in [5.41, 5.74) is 1.31. The first-order valence-corrected chi connectivity index (χ1v) is 10.0. The van der Waals surface area contributed by atoms with Crippen LogP contribution in [0.2, 0.25) is 5.02 Å². The highest BCUT2D eigenvalue weighted by molar-refractivity contribution is 6.30. The highest BCUT2D eigenvalue weighted by Gasteiger charge is 2.18. The monoisotopic (exact) mass is 404 g/mol. The summed E-state index contributed by atoms with van der Waals surface area (Å²) in [5.74, 6) is 0.663. The largest absolute Gasteiger partial charge is 0.491 e. The molecule has 1 fully saturated rings. The number of halogens is 1. The summed E-state index contributed by atoms with van der Waals surface area (Å²) in [6, 6.07) is 13.6. The highest BCUT2D eigenvalue weighted by Crippen LogP contribution is 2.17. The van der Waals surface area contributed by atoms with Gasteiger partial charge >= 0.3 is 6.03 Å². The van der Waals surface area contributed by atoms with Crippen molar-refractivity contribution in [2.45, 2.75) is 25.4 Å². The van der Waals surface area contributed by atoms with E-state index in [-0.39, 0.29) is 12.6 Å². The number of carbonyl (C=O) groups excluding carboxylic acids is 1. The fourth-order valence-electron chi connectivity index (χ4n) is 3.30. The van der Waals surface area contributed by atoms with Crippen LogP contribution in [-0.4, -0.2) is 43.5 Å². The minimum absolute atomic E-state index is 0.271. The zero-order chi connectivity index (χ0) is 19.8. The molecule has 0 spiro atoms. The number of ether oxygens (including phenoxy) is 1. The van der Waals surface area contributed by atoms with E-state index in [0.29, 0.717) is 22.1 Å². The van der Waals surface area contributed by atoms with Crippen molar-refractivity contribution in [1.82, 2.24) is 0 Å². The molecule has 0 radical (unpaired) electrons. The Bertz CT molecular complexity index is 746. The van der Waals surface area contributed by atoms with Crippen molar-refractivity contribution in [3.05, 3.63) is 53.6 Å². The molecule has 150 valence electrons. The van der Waals surface area contributed by atoms with Crippen LogP contribution in [0.1, 0.15) is 19.3 Å². The van der Waals surface area contributed by atoms with Gasteiger partial charge in [0.25, 0.3) is 0 Å². The van der Waals surface area contributed by atoms with Crippen molar-refractivity contribution in [1.29, 1.82) is 0 Å². The molecule has 0 bridgehead atoms. The van der Waals surface area contributed by atoms with Crippen molar-refractivity contribution in [2.75, 3.05) is 36.9 Å². The van der Waals surface area contributed by atoms with Gasteiger partial charge in [0.15, 0.2) is 0 Å². The number of nitrogens with one attached hydrogen (secondary N) is 3. The van der Waals surface area contributed by atoms with Gasteiger partial charge in [-0.1, -0.05) is 11.6 Å². The summed E-state index contributed by atoms with van der Waals surface area (Å²) in [4.78, 5) is 13.5. The lowest BCUT2D eigenvalue weighted by molar-refractivity contribution is -0.908. The fourth-order valence-corrected chi connectivity index (χ4v) is 3.43. The minimum atomic E-state index is -0.476. The number of amides is 2. The van der Waals surface area contributed by atoms with Crippen LogP contribution in [0, 0.1) is 0 Å². The molecule has 1 aliphatic heterocycles. The number of aliphatic hydroxyl groups is 1. The van der Waals surface area contributed by atoms with Gasteiger partial charge in [-0.25, -0.2) is 4.79 Å². The lowest BCUT2D eigenvalue weighted by Crippen LogP contribution is -3.14. The van der Waals surface area contributed by atoms with Gasteiger partial charge in [0.2, 0.25) is 0 Å². The van der Waals surface area contributed by atoms with Crippen molar-refractivity contribution < 1.29 is 19.5 Å². The lowest BCUT2D eigenvalue weighted by atomic mass is 10.1. The Balaban J connectivity index is 1.41. The van der Waals surface area contributed by atoms with E-state index in [1.807, 2.05) is 0 Å². The normalized spacial score (nSPS) is 15.6. The molecule has 1 aliphatic rings. The SMILES string of the molecule is O=C(Nc1ccc(Cl)cc1)Nc1ccc(OC[C@H](O)C[NH+]2CCCCC2)cc1. The van der Waals surface area contributed by atoms with E-state index < -0.39 is 6.10 Å². The maximum Gasteiger partial charge on any atom is 0.323 e. The van der Waals surface area contributed by atoms with Gasteiger partial charge in [0, 0.05) is 16.4 Å². The van der Waals surface area contributed by atoms with Crippen LogP contribution in [0.25, 0.3) is 0 Å². The molecule has 1 atom stereocenters. The number of aliphatic hydroxyl groups excluding tert-OH is 1. The molecule has 3 rings (SSSR count). The van der Waals surface area contributed by atoms with Gasteiger partial charge in [-0.3, -0.25) is 0 Å². The van der Waals surface area contributed by atoms with Crippen molar-refractivity contribution in [3.8, 4) is 5.75 Å². The zero-order valence-corrected chi connectivity index (χ0v) is 16.5. The van der Waals surface area contributed by atoms with Crippen molar-refractivity contribution in [2.24, 2.45) is 0 Å². The standard InChI is InChI=1S/C21H26ClN3O3/c22-16-4-6-17(7-5-16)23-21(27)24-18-8-10-20(11-9-18)28-15-19(26)14-25-12-2-1-3-13-25/h4-11,19,26H,1-3,12-15H2,(H2,23,24,27)/p+1/t19-/m1/s1. The Morgan fingerprint density at radius 3 is 2.18 bits per heavy atom. The van der Waals surface area contributed by atoms with E-state index in [0.717, 1.165) is 19.6 Å². The first kappa shape index (κ1) is 20.5. The topological polar surface area (TPSA) is 75.0 Å². The molecule has 1 heterocycles. The molecule has 0 saturated carbocycles. The second-order valence-corrected chi connectivity index (χ2v) is 7.53. The van der Waals surface area contributed by atoms with Gasteiger partial charge in [-0.2, -0.15) is 0 Å². The third-order valence-corrected chi connectivity index (χ3v) is 4.99. The van der Waals surface area contributed by atoms with E-state index in [4.69, 9.17) is 16.3 Å². The molecule has 2 amide bonds. The molecular formula is C21H27ClN3O3+. The minimum Gasteiger partial charge on any atom is -0.491 e. The first-order valence-electron chi connectivity index (χ1n) is 9.66. The van der Waals surface area contributed by atoms with Crippen LogP contribution in [0.4, 0.5) is 16.2 Å². The number of anilines is 2. The van der Waals surface area contributed by atoms with E-state index in [1.165, 1.54) is 24.2 Å². The Kier molecular flexibility index (Phi) is 7.54. The second kappa shape index (κ2) is 10.3. The number of hydrogen-bond acceptors (Lipinski definition) is 3. The predicted molar refractivity (Wildman–Crippen MR) is 111 cm³/mol. The van der Waals surface area contributed by atoms with Crippen LogP contribution in [0.15, 0.2) is 48.5 Å². The molecule has 28 heavy (non-hydrogen) atoms. The maximum absolute atomic E-state index is 12.0. The number of rotatable bonds is 7. The zero-order valence-electron chi connectivity index (χ0n) is 15.8. The molecule has 7 heteroatoms. The second-order valence-electron chi connectivity index (χ2n) is 7.09. The van der Waals surface area contributed by atoms with Crippen LogP contribution in [0.3, 0.4) is 0 Å². The number of carbonyl (C=O) groups is 1. The molecule has 0 aromatic heterocycles. The average Bonchev–Trinajstić information content (AvgIpc) is 2.70. The molecule has 0 unspecified atom stereocenters. The molecule has 2 aromatic rings. The van der Waals surface area contributed by atoms with E-state index in [1.54, 1.807) is 48.5 Å². The smallest absolute Gasteiger partial charge is 0.323 e. The Labute approximate surface area is 170 Å². The molecule has 0 aliphatic carbocycles. The maximum atomic E-state index is 12.0. The molecule has 2 aromatic carbocycles. The quantitative estimate of drug-likeness (QED) is 0.573. The number of likely N-dealkylation sites (tertiary alicyclic amines) is 1. The Hall–Kier alpha value is -2.28. The molecule has 4 N–H and O–H groups in total. The number of quaternary nitrogens is 1. The summed E-state index contributed by atoms with van der Waals surface area (Å²) in [6.07, 6.45) is 3.30. The van der Waals surface area contributed by atoms with Crippen LogP contribution >= 0.6 is 11.6 Å². The predicted octanol–water partition coefficient (Wildman–Crippen LogP) is 2.79. The Morgan fingerprint density at radius 1 is 1.00 bits per heavy atom. The van der Waals surface area contributed by atoms with E-state index >= 15 is 0 Å². The highest BCUT2D eigenvalue weighted by atomic mass is 35.5. The molecule has 6 nitrogen and oxygen atoms in total. The van der Waals surface area contributed by atoms with Gasteiger partial charge in [-0.05, 0) is 67.8 Å². The van der Waals surface area contributed by atoms with E-state index in [9.17, 15) is 9.90 Å². The van der Waals surface area contributed by atoms with Crippen molar-refractivity contribution in [3.63, 3.8) is 0 Å². The van der Waals surface area contributed by atoms with Crippen LogP contribution < -0.4 is 20.3 Å². The van der Waals surface area contributed by atoms with Gasteiger partial charge < -0.3 is 25.4 Å². The third kappa shape index (κ3) is 6.71. The summed E-state index contributed by atoms with van der Waals surface area (Å²) in [6.45, 7) is 3.27. The molecule has 1 saturated heterocycles. The number of benzene rings is 2. The summed E-state index contributed by atoms with van der Waals surface area (Å²) in [5, 5.41) is 16.3. The summed E-state index contributed by atoms with van der Waals surface area (Å²) in [7, 11) is 0. The summed E-state index contributed by atoms with van der Waals surface area (Å²) < 4.78 is 5.67. The first-order chi connectivity index (χ1) is 13.6. The number of hydrogen-bond donors (Lipinski definition) is 4.